The number of pyridine rings is 1. The third-order valence-corrected chi connectivity index (χ3v) is 3.48. The van der Waals surface area contributed by atoms with Crippen molar-refractivity contribution < 1.29 is 19.1 Å². The van der Waals surface area contributed by atoms with Gasteiger partial charge in [0.05, 0.1) is 13.7 Å². The fraction of sp³-hybridized carbons (Fsp3) is 0.214. The van der Waals surface area contributed by atoms with Crippen molar-refractivity contribution in [3.63, 3.8) is 0 Å². The van der Waals surface area contributed by atoms with Crippen LogP contribution < -0.4 is 10.1 Å². The van der Waals surface area contributed by atoms with Crippen LogP contribution in [-0.4, -0.2) is 30.6 Å². The van der Waals surface area contributed by atoms with Crippen molar-refractivity contribution in [1.29, 1.82) is 0 Å². The van der Waals surface area contributed by atoms with Gasteiger partial charge in [-0.1, -0.05) is 0 Å². The van der Waals surface area contributed by atoms with Gasteiger partial charge in [-0.3, -0.25) is 4.79 Å². The fourth-order valence-electron chi connectivity index (χ4n) is 1.67. The van der Waals surface area contributed by atoms with Crippen molar-refractivity contribution in [3.8, 4) is 5.75 Å². The van der Waals surface area contributed by atoms with E-state index in [1.165, 1.54) is 24.6 Å². The highest BCUT2D eigenvalue weighted by Gasteiger charge is 2.19. The molecule has 0 unspecified atom stereocenters. The van der Waals surface area contributed by atoms with Crippen LogP contribution in [0.4, 0.5) is 5.82 Å². The lowest BCUT2D eigenvalue weighted by Gasteiger charge is -2.09. The van der Waals surface area contributed by atoms with Crippen LogP contribution in [0.1, 0.15) is 27.0 Å². The summed E-state index contributed by atoms with van der Waals surface area (Å²) in [5, 5.41) is 4.35. The number of methoxy groups -OCH3 is 1. The van der Waals surface area contributed by atoms with Crippen molar-refractivity contribution in [2.75, 3.05) is 19.0 Å². The first-order valence-electron chi connectivity index (χ1n) is 6.22. The van der Waals surface area contributed by atoms with E-state index in [0.717, 1.165) is 0 Å². The molecule has 0 saturated heterocycles. The first-order valence-corrected chi connectivity index (χ1v) is 7.10. The van der Waals surface area contributed by atoms with E-state index < -0.39 is 5.97 Å². The third-order valence-electron chi connectivity index (χ3n) is 2.59. The molecule has 0 aliphatic carbocycles. The second kappa shape index (κ2) is 6.85. The maximum Gasteiger partial charge on any atom is 0.341 e. The van der Waals surface area contributed by atoms with Crippen LogP contribution in [0.2, 0.25) is 0 Å². The number of rotatable bonds is 5. The number of hydrogen-bond donors (Lipinski definition) is 1. The summed E-state index contributed by atoms with van der Waals surface area (Å²) in [5.41, 5.74) is 0.211. The van der Waals surface area contributed by atoms with Gasteiger partial charge in [0, 0.05) is 6.20 Å². The van der Waals surface area contributed by atoms with Crippen LogP contribution in [0.25, 0.3) is 0 Å². The summed E-state index contributed by atoms with van der Waals surface area (Å²) in [6.45, 7) is 1.96. The molecule has 1 N–H and O–H groups in total. The molecule has 0 spiro atoms. The minimum absolute atomic E-state index is 0.163. The summed E-state index contributed by atoms with van der Waals surface area (Å²) >= 11 is 1.24. The molecule has 0 aromatic carbocycles. The average Bonchev–Trinajstić information content (AvgIpc) is 2.96. The second-order valence-electron chi connectivity index (χ2n) is 3.89. The number of aromatic nitrogens is 1. The molecule has 6 nitrogen and oxygen atoms in total. The number of ether oxygens (including phenoxy) is 2. The molecule has 2 heterocycles. The zero-order chi connectivity index (χ0) is 15.2. The monoisotopic (exact) mass is 306 g/mol. The minimum Gasteiger partial charge on any atom is -0.495 e. The molecule has 0 saturated carbocycles. The van der Waals surface area contributed by atoms with Crippen LogP contribution in [0.3, 0.4) is 0 Å². The number of nitrogens with zero attached hydrogens (tertiary/aromatic N) is 1. The molecule has 21 heavy (non-hydrogen) atoms. The maximum absolute atomic E-state index is 12.2. The topological polar surface area (TPSA) is 77.5 Å². The van der Waals surface area contributed by atoms with Crippen LogP contribution in [0, 0.1) is 0 Å². The van der Waals surface area contributed by atoms with E-state index in [-0.39, 0.29) is 23.9 Å². The van der Waals surface area contributed by atoms with Crippen molar-refractivity contribution in [1.82, 2.24) is 4.98 Å². The smallest absolute Gasteiger partial charge is 0.341 e. The Morgan fingerprint density at radius 1 is 1.38 bits per heavy atom. The molecule has 0 aliphatic heterocycles. The van der Waals surface area contributed by atoms with Gasteiger partial charge in [0.25, 0.3) is 5.91 Å². The normalized spacial score (nSPS) is 10.0. The third kappa shape index (κ3) is 3.38. The number of anilines is 1. The molecule has 0 radical (unpaired) electrons. The van der Waals surface area contributed by atoms with E-state index in [4.69, 9.17) is 9.47 Å². The van der Waals surface area contributed by atoms with Crippen LogP contribution in [-0.2, 0) is 4.74 Å². The van der Waals surface area contributed by atoms with E-state index in [1.807, 2.05) is 0 Å². The SMILES string of the molecule is CCOC(=O)c1cccnc1NC(=O)c1sccc1OC. The fourth-order valence-corrected chi connectivity index (χ4v) is 2.42. The van der Waals surface area contributed by atoms with Gasteiger partial charge < -0.3 is 14.8 Å². The Morgan fingerprint density at radius 3 is 2.90 bits per heavy atom. The first-order chi connectivity index (χ1) is 10.2. The molecule has 7 heteroatoms. The summed E-state index contributed by atoms with van der Waals surface area (Å²) in [7, 11) is 1.49. The van der Waals surface area contributed by atoms with Gasteiger partial charge in [-0.15, -0.1) is 11.3 Å². The molecule has 2 aromatic heterocycles. The molecule has 0 atom stereocenters. The predicted molar refractivity (Wildman–Crippen MR) is 79.0 cm³/mol. The van der Waals surface area contributed by atoms with Gasteiger partial charge in [-0.05, 0) is 30.5 Å². The summed E-state index contributed by atoms with van der Waals surface area (Å²) in [6, 6.07) is 4.85. The molecule has 2 rings (SSSR count). The van der Waals surface area contributed by atoms with E-state index in [1.54, 1.807) is 30.5 Å². The first kappa shape index (κ1) is 15.0. The Morgan fingerprint density at radius 2 is 2.19 bits per heavy atom. The quantitative estimate of drug-likeness (QED) is 0.859. The Bertz CT molecular complexity index is 654. The number of carbonyl (C=O) groups excluding carboxylic acids is 2. The van der Waals surface area contributed by atoms with Crippen LogP contribution >= 0.6 is 11.3 Å². The Hall–Kier alpha value is -2.41. The average molecular weight is 306 g/mol. The number of thiophene rings is 1. The standard InChI is InChI=1S/C14H14N2O4S/c1-3-20-14(18)9-5-4-7-15-12(9)16-13(17)11-10(19-2)6-8-21-11/h4-8H,3H2,1-2H3,(H,15,16,17). The largest absolute Gasteiger partial charge is 0.495 e. The summed E-state index contributed by atoms with van der Waals surface area (Å²) in [6.07, 6.45) is 1.49. The number of nitrogens with one attached hydrogen (secondary N) is 1. The van der Waals surface area contributed by atoms with Crippen molar-refractivity contribution >= 4 is 29.0 Å². The van der Waals surface area contributed by atoms with E-state index in [0.29, 0.717) is 10.6 Å². The van der Waals surface area contributed by atoms with Gasteiger partial charge in [-0.25, -0.2) is 9.78 Å². The lowest BCUT2D eigenvalue weighted by molar-refractivity contribution is 0.0527. The van der Waals surface area contributed by atoms with Gasteiger partial charge >= 0.3 is 5.97 Å². The van der Waals surface area contributed by atoms with Gasteiger partial charge in [0.2, 0.25) is 0 Å². The second-order valence-corrected chi connectivity index (χ2v) is 4.81. The zero-order valence-electron chi connectivity index (χ0n) is 11.6. The zero-order valence-corrected chi connectivity index (χ0v) is 12.4. The van der Waals surface area contributed by atoms with Crippen molar-refractivity contribution in [2.24, 2.45) is 0 Å². The lowest BCUT2D eigenvalue weighted by atomic mass is 10.2. The number of carbonyl (C=O) groups is 2. The lowest BCUT2D eigenvalue weighted by Crippen LogP contribution is -2.16. The molecule has 0 fully saturated rings. The molecule has 0 aliphatic rings. The molecule has 2 aromatic rings. The summed E-state index contributed by atoms with van der Waals surface area (Å²) in [4.78, 5) is 28.5. The molecular weight excluding hydrogens is 292 g/mol. The van der Waals surface area contributed by atoms with E-state index in [9.17, 15) is 9.59 Å². The number of esters is 1. The summed E-state index contributed by atoms with van der Waals surface area (Å²) < 4.78 is 10.0. The van der Waals surface area contributed by atoms with Crippen LogP contribution in [0.15, 0.2) is 29.8 Å². The molecule has 0 bridgehead atoms. The van der Waals surface area contributed by atoms with E-state index >= 15 is 0 Å². The maximum atomic E-state index is 12.2. The Balaban J connectivity index is 2.24. The highest BCUT2D eigenvalue weighted by molar-refractivity contribution is 7.12. The highest BCUT2D eigenvalue weighted by Crippen LogP contribution is 2.25. The van der Waals surface area contributed by atoms with Crippen molar-refractivity contribution in [3.05, 3.63) is 40.2 Å². The van der Waals surface area contributed by atoms with Gasteiger partial charge in [0.1, 0.15) is 22.0 Å². The highest BCUT2D eigenvalue weighted by atomic mass is 32.1. The Kier molecular flexibility index (Phi) is 4.89. The van der Waals surface area contributed by atoms with Gasteiger partial charge in [-0.2, -0.15) is 0 Å². The minimum atomic E-state index is -0.529. The molecule has 110 valence electrons. The number of amides is 1. The summed E-state index contributed by atoms with van der Waals surface area (Å²) in [5.74, 6) is -0.271. The Labute approximate surface area is 125 Å². The van der Waals surface area contributed by atoms with Crippen molar-refractivity contribution in [2.45, 2.75) is 6.92 Å². The van der Waals surface area contributed by atoms with E-state index in [2.05, 4.69) is 10.3 Å². The predicted octanol–water partition coefficient (Wildman–Crippen LogP) is 2.58. The molecular formula is C14H14N2O4S. The van der Waals surface area contributed by atoms with Crippen LogP contribution in [0.5, 0.6) is 5.75 Å². The number of hydrogen-bond acceptors (Lipinski definition) is 6. The van der Waals surface area contributed by atoms with Gasteiger partial charge in [0.15, 0.2) is 0 Å². The molecule has 1 amide bonds.